The Balaban J connectivity index is 2.52. The van der Waals surface area contributed by atoms with Crippen molar-refractivity contribution in [2.24, 2.45) is 0 Å². The molecule has 1 aromatic heterocycles. The van der Waals surface area contributed by atoms with Gasteiger partial charge >= 0.3 is 5.97 Å². The molecule has 0 aliphatic heterocycles. The molecule has 0 aliphatic carbocycles. The molecule has 0 amide bonds. The van der Waals surface area contributed by atoms with Crippen LogP contribution in [-0.2, 0) is 4.74 Å². The van der Waals surface area contributed by atoms with Gasteiger partial charge in [-0.3, -0.25) is 0 Å². The summed E-state index contributed by atoms with van der Waals surface area (Å²) in [6.07, 6.45) is 4.05. The molecule has 4 heteroatoms. The monoisotopic (exact) mass is 300 g/mol. The van der Waals surface area contributed by atoms with Crippen LogP contribution in [0.2, 0.25) is 0 Å². The number of aryl methyl sites for hydroxylation is 1. The summed E-state index contributed by atoms with van der Waals surface area (Å²) in [5.74, 6) is 0.166. The molecule has 1 aromatic carbocycles. The first kappa shape index (κ1) is 16.3. The zero-order valence-electron chi connectivity index (χ0n) is 13.8. The molecule has 4 nitrogen and oxygen atoms in total. The Hall–Kier alpha value is -2.10. The molecule has 0 saturated heterocycles. The molecule has 0 fully saturated rings. The number of carbonyl (C=O) groups excluding carboxylic acids is 1. The topological polar surface area (TPSA) is 44.1 Å². The summed E-state index contributed by atoms with van der Waals surface area (Å²) in [4.78, 5) is 12.0. The van der Waals surface area contributed by atoms with Gasteiger partial charge < -0.3 is 4.74 Å². The number of aromatic nitrogens is 2. The third-order valence-corrected chi connectivity index (χ3v) is 3.94. The van der Waals surface area contributed by atoms with E-state index in [0.717, 1.165) is 24.2 Å². The van der Waals surface area contributed by atoms with Crippen LogP contribution in [0, 0.1) is 6.92 Å². The molecule has 118 valence electrons. The van der Waals surface area contributed by atoms with Crippen molar-refractivity contribution in [2.45, 2.75) is 46.5 Å². The van der Waals surface area contributed by atoms with Gasteiger partial charge in [0, 0.05) is 6.20 Å². The van der Waals surface area contributed by atoms with Crippen LogP contribution in [0.3, 0.4) is 0 Å². The highest BCUT2D eigenvalue weighted by Gasteiger charge is 2.17. The number of hydrogen-bond acceptors (Lipinski definition) is 3. The van der Waals surface area contributed by atoms with E-state index >= 15 is 0 Å². The number of carbonyl (C=O) groups is 1. The third-order valence-electron chi connectivity index (χ3n) is 3.94. The number of benzene rings is 1. The van der Waals surface area contributed by atoms with Gasteiger partial charge in [-0.1, -0.05) is 19.9 Å². The Kier molecular flexibility index (Phi) is 5.36. The van der Waals surface area contributed by atoms with E-state index in [1.807, 2.05) is 49.0 Å². The lowest BCUT2D eigenvalue weighted by molar-refractivity contribution is 0.0526. The van der Waals surface area contributed by atoms with E-state index < -0.39 is 0 Å². The van der Waals surface area contributed by atoms with Gasteiger partial charge in [-0.05, 0) is 56.4 Å². The number of nitrogens with zero attached hydrogens (tertiary/aromatic N) is 2. The van der Waals surface area contributed by atoms with Gasteiger partial charge in [-0.25, -0.2) is 9.48 Å². The standard InChI is InChI=1S/C18H24N2O2/c1-5-14(6-2)16-9-8-15(18(21)22-7-3)12-17(16)20-11-10-13(4)19-20/h8-12,14H,5-7H2,1-4H3. The fraction of sp³-hybridized carbons (Fsp3) is 0.444. The minimum Gasteiger partial charge on any atom is -0.462 e. The fourth-order valence-electron chi connectivity index (χ4n) is 2.71. The molecule has 0 radical (unpaired) electrons. The van der Waals surface area contributed by atoms with Gasteiger partial charge in [0.1, 0.15) is 0 Å². The van der Waals surface area contributed by atoms with E-state index in [4.69, 9.17) is 4.74 Å². The summed E-state index contributed by atoms with van der Waals surface area (Å²) < 4.78 is 6.96. The molecule has 22 heavy (non-hydrogen) atoms. The highest BCUT2D eigenvalue weighted by atomic mass is 16.5. The first-order chi connectivity index (χ1) is 10.6. The molecule has 0 atom stereocenters. The Morgan fingerprint density at radius 2 is 1.95 bits per heavy atom. The maximum atomic E-state index is 12.0. The molecule has 0 bridgehead atoms. The highest BCUT2D eigenvalue weighted by molar-refractivity contribution is 5.90. The summed E-state index contributed by atoms with van der Waals surface area (Å²) >= 11 is 0. The first-order valence-corrected chi connectivity index (χ1v) is 7.94. The lowest BCUT2D eigenvalue weighted by Gasteiger charge is -2.18. The van der Waals surface area contributed by atoms with Crippen LogP contribution in [0.4, 0.5) is 0 Å². The van der Waals surface area contributed by atoms with Gasteiger partial charge in [-0.2, -0.15) is 5.10 Å². The Labute approximate surface area is 132 Å². The summed E-state index contributed by atoms with van der Waals surface area (Å²) in [7, 11) is 0. The van der Waals surface area contributed by atoms with Gasteiger partial charge in [0.15, 0.2) is 0 Å². The molecular formula is C18H24N2O2. The molecule has 0 spiro atoms. The van der Waals surface area contributed by atoms with Gasteiger partial charge in [-0.15, -0.1) is 0 Å². The van der Waals surface area contributed by atoms with Crippen molar-refractivity contribution in [3.8, 4) is 5.69 Å². The largest absolute Gasteiger partial charge is 0.462 e. The van der Waals surface area contributed by atoms with Crippen molar-refractivity contribution in [3.05, 3.63) is 47.3 Å². The highest BCUT2D eigenvalue weighted by Crippen LogP contribution is 2.29. The van der Waals surface area contributed by atoms with Crippen LogP contribution in [0.25, 0.3) is 5.69 Å². The quantitative estimate of drug-likeness (QED) is 0.749. The summed E-state index contributed by atoms with van der Waals surface area (Å²) in [5.41, 5.74) is 3.71. The van der Waals surface area contributed by atoms with E-state index in [-0.39, 0.29) is 5.97 Å². The van der Waals surface area contributed by atoms with Crippen molar-refractivity contribution >= 4 is 5.97 Å². The lowest BCUT2D eigenvalue weighted by atomic mass is 9.91. The minimum absolute atomic E-state index is 0.288. The van der Waals surface area contributed by atoms with Crippen LogP contribution in [0.15, 0.2) is 30.5 Å². The Morgan fingerprint density at radius 3 is 2.50 bits per heavy atom. The van der Waals surface area contributed by atoms with Crippen LogP contribution < -0.4 is 0 Å². The zero-order valence-corrected chi connectivity index (χ0v) is 13.8. The van der Waals surface area contributed by atoms with Crippen LogP contribution >= 0.6 is 0 Å². The molecule has 0 saturated carbocycles. The number of esters is 1. The Bertz CT molecular complexity index is 642. The van der Waals surface area contributed by atoms with Crippen molar-refractivity contribution in [3.63, 3.8) is 0 Å². The smallest absolute Gasteiger partial charge is 0.338 e. The summed E-state index contributed by atoms with van der Waals surface area (Å²) in [6, 6.07) is 7.74. The third kappa shape index (κ3) is 3.38. The van der Waals surface area contributed by atoms with Crippen LogP contribution in [-0.4, -0.2) is 22.4 Å². The second kappa shape index (κ2) is 7.25. The number of hydrogen-bond donors (Lipinski definition) is 0. The van der Waals surface area contributed by atoms with Gasteiger partial charge in [0.05, 0.1) is 23.6 Å². The maximum Gasteiger partial charge on any atom is 0.338 e. The Morgan fingerprint density at radius 1 is 1.23 bits per heavy atom. The molecule has 1 heterocycles. The summed E-state index contributed by atoms with van der Waals surface area (Å²) in [6.45, 7) is 8.52. The number of ether oxygens (including phenoxy) is 1. The molecule has 2 aromatic rings. The zero-order chi connectivity index (χ0) is 16.1. The molecule has 0 unspecified atom stereocenters. The predicted octanol–water partition coefficient (Wildman–Crippen LogP) is 4.26. The van der Waals surface area contributed by atoms with Crippen molar-refractivity contribution < 1.29 is 9.53 Å². The van der Waals surface area contributed by atoms with Crippen LogP contribution in [0.1, 0.15) is 61.1 Å². The lowest BCUT2D eigenvalue weighted by Crippen LogP contribution is -2.10. The van der Waals surface area contributed by atoms with Crippen molar-refractivity contribution in [2.75, 3.05) is 6.61 Å². The fourth-order valence-corrected chi connectivity index (χ4v) is 2.71. The van der Waals surface area contributed by atoms with Crippen molar-refractivity contribution in [1.29, 1.82) is 0 Å². The molecule has 0 aliphatic rings. The normalized spacial score (nSPS) is 11.0. The van der Waals surface area contributed by atoms with Gasteiger partial charge in [0.2, 0.25) is 0 Å². The average Bonchev–Trinajstić information content (AvgIpc) is 2.95. The summed E-state index contributed by atoms with van der Waals surface area (Å²) in [5, 5.41) is 4.50. The van der Waals surface area contributed by atoms with E-state index in [2.05, 4.69) is 18.9 Å². The second-order valence-corrected chi connectivity index (χ2v) is 5.41. The van der Waals surface area contributed by atoms with E-state index in [0.29, 0.717) is 18.1 Å². The first-order valence-electron chi connectivity index (χ1n) is 7.94. The molecule has 2 rings (SSSR count). The van der Waals surface area contributed by atoms with E-state index in [1.165, 1.54) is 5.56 Å². The molecular weight excluding hydrogens is 276 g/mol. The molecule has 0 N–H and O–H groups in total. The minimum atomic E-state index is -0.288. The van der Waals surface area contributed by atoms with Crippen LogP contribution in [0.5, 0.6) is 0 Å². The van der Waals surface area contributed by atoms with Gasteiger partial charge in [0.25, 0.3) is 0 Å². The van der Waals surface area contributed by atoms with E-state index in [9.17, 15) is 4.79 Å². The number of rotatable bonds is 6. The maximum absolute atomic E-state index is 12.0. The average molecular weight is 300 g/mol. The predicted molar refractivity (Wildman–Crippen MR) is 87.6 cm³/mol. The van der Waals surface area contributed by atoms with E-state index in [1.54, 1.807) is 0 Å². The van der Waals surface area contributed by atoms with Crippen molar-refractivity contribution in [1.82, 2.24) is 9.78 Å². The SMILES string of the molecule is CCOC(=O)c1ccc(C(CC)CC)c(-n2ccc(C)n2)c1. The second-order valence-electron chi connectivity index (χ2n) is 5.41.